The highest BCUT2D eigenvalue weighted by molar-refractivity contribution is 5.08. The van der Waals surface area contributed by atoms with Crippen LogP contribution >= 0.6 is 0 Å². The zero-order valence-electron chi connectivity index (χ0n) is 11.9. The van der Waals surface area contributed by atoms with Crippen LogP contribution in [-0.2, 0) is 7.05 Å². The molecule has 0 saturated carbocycles. The van der Waals surface area contributed by atoms with Crippen LogP contribution in [0.1, 0.15) is 64.1 Å². The molecule has 4 heteroatoms. The molecule has 1 saturated heterocycles. The van der Waals surface area contributed by atoms with Gasteiger partial charge in [-0.25, -0.2) is 0 Å². The number of nitrogens with zero attached hydrogens (tertiary/aromatic N) is 4. The molecule has 1 atom stereocenters. The third kappa shape index (κ3) is 1.99. The Hall–Kier alpha value is -0.900. The van der Waals surface area contributed by atoms with E-state index in [0.29, 0.717) is 12.0 Å². The highest BCUT2D eigenvalue weighted by Gasteiger charge is 2.39. The maximum atomic E-state index is 4.41. The lowest BCUT2D eigenvalue weighted by atomic mass is 10.0. The quantitative estimate of drug-likeness (QED) is 0.791. The van der Waals surface area contributed by atoms with E-state index in [1.54, 1.807) is 0 Å². The van der Waals surface area contributed by atoms with Crippen LogP contribution in [0, 0.1) is 0 Å². The number of hydrogen-bond acceptors (Lipinski definition) is 3. The second kappa shape index (κ2) is 4.09. The average Bonchev–Trinajstić information content (AvgIpc) is 2.71. The molecule has 1 aliphatic rings. The van der Waals surface area contributed by atoms with Crippen molar-refractivity contribution in [3.63, 3.8) is 0 Å². The molecule has 1 aromatic heterocycles. The van der Waals surface area contributed by atoms with Gasteiger partial charge in [0.2, 0.25) is 0 Å². The molecule has 2 heterocycles. The maximum Gasteiger partial charge on any atom is 0.150 e. The Kier molecular flexibility index (Phi) is 3.02. The highest BCUT2D eigenvalue weighted by atomic mass is 15.3. The van der Waals surface area contributed by atoms with Gasteiger partial charge in [0.15, 0.2) is 0 Å². The first-order valence-electron chi connectivity index (χ1n) is 6.46. The maximum absolute atomic E-state index is 4.41. The fraction of sp³-hybridized carbons (Fsp3) is 0.846. The second-order valence-electron chi connectivity index (χ2n) is 6.11. The summed E-state index contributed by atoms with van der Waals surface area (Å²) in [7, 11) is 4.28. The minimum absolute atomic E-state index is 0.272. The summed E-state index contributed by atoms with van der Waals surface area (Å²) < 4.78 is 2.17. The molecule has 0 radical (unpaired) electrons. The molecule has 0 aromatic carbocycles. The Morgan fingerprint density at radius 1 is 1.24 bits per heavy atom. The third-order valence-corrected chi connectivity index (χ3v) is 4.21. The Morgan fingerprint density at radius 3 is 2.29 bits per heavy atom. The van der Waals surface area contributed by atoms with Gasteiger partial charge in [0.1, 0.15) is 11.6 Å². The summed E-state index contributed by atoms with van der Waals surface area (Å²) >= 11 is 0. The first kappa shape index (κ1) is 12.6. The molecule has 0 spiro atoms. The summed E-state index contributed by atoms with van der Waals surface area (Å²) in [5, 5.41) is 8.73. The van der Waals surface area contributed by atoms with Crippen molar-refractivity contribution >= 4 is 0 Å². The molecule has 4 nitrogen and oxygen atoms in total. The van der Waals surface area contributed by atoms with E-state index in [-0.39, 0.29) is 5.54 Å². The summed E-state index contributed by atoms with van der Waals surface area (Å²) in [6.45, 7) is 8.92. The van der Waals surface area contributed by atoms with Gasteiger partial charge in [-0.15, -0.1) is 10.2 Å². The van der Waals surface area contributed by atoms with E-state index in [1.807, 2.05) is 0 Å². The molecule has 2 rings (SSSR count). The highest BCUT2D eigenvalue weighted by Crippen LogP contribution is 2.40. The van der Waals surface area contributed by atoms with Gasteiger partial charge in [-0.1, -0.05) is 13.8 Å². The van der Waals surface area contributed by atoms with Crippen LogP contribution in [0.15, 0.2) is 0 Å². The van der Waals surface area contributed by atoms with Crippen molar-refractivity contribution in [2.75, 3.05) is 7.05 Å². The topological polar surface area (TPSA) is 34.0 Å². The van der Waals surface area contributed by atoms with E-state index in [0.717, 1.165) is 11.6 Å². The standard InChI is InChI=1S/C13H24N4/c1-9(2)11-14-15-12(16(11)5)10-7-8-13(3,4)17(10)6/h9-10H,7-8H2,1-6H3. The smallest absolute Gasteiger partial charge is 0.150 e. The molecule has 17 heavy (non-hydrogen) atoms. The molecule has 96 valence electrons. The molecule has 1 unspecified atom stereocenters. The molecule has 0 amide bonds. The summed E-state index contributed by atoms with van der Waals surface area (Å²) in [6, 6.07) is 0.412. The fourth-order valence-corrected chi connectivity index (χ4v) is 2.73. The first-order valence-corrected chi connectivity index (χ1v) is 6.46. The van der Waals surface area contributed by atoms with Gasteiger partial charge in [-0.3, -0.25) is 4.90 Å². The zero-order chi connectivity index (χ0) is 12.8. The number of likely N-dealkylation sites (tertiary alicyclic amines) is 1. The van der Waals surface area contributed by atoms with E-state index < -0.39 is 0 Å². The van der Waals surface area contributed by atoms with Crippen LogP contribution in [0.5, 0.6) is 0 Å². The Bertz CT molecular complexity index is 406. The molecule has 0 N–H and O–H groups in total. The van der Waals surface area contributed by atoms with Gasteiger partial charge < -0.3 is 4.57 Å². The minimum Gasteiger partial charge on any atom is -0.317 e. The van der Waals surface area contributed by atoms with E-state index in [9.17, 15) is 0 Å². The van der Waals surface area contributed by atoms with Crippen LogP contribution < -0.4 is 0 Å². The molecule has 1 aliphatic heterocycles. The van der Waals surface area contributed by atoms with E-state index in [1.165, 1.54) is 12.8 Å². The van der Waals surface area contributed by atoms with E-state index in [4.69, 9.17) is 0 Å². The number of hydrogen-bond donors (Lipinski definition) is 0. The third-order valence-electron chi connectivity index (χ3n) is 4.21. The van der Waals surface area contributed by atoms with E-state index >= 15 is 0 Å². The SMILES string of the molecule is CC(C)c1nnc(C2CCC(C)(C)N2C)n1C. The molecule has 0 bridgehead atoms. The molecule has 1 aromatic rings. The van der Waals surface area contributed by atoms with Crippen LogP contribution in [0.25, 0.3) is 0 Å². The summed E-state index contributed by atoms with van der Waals surface area (Å²) in [6.07, 6.45) is 2.39. The van der Waals surface area contributed by atoms with Gasteiger partial charge in [0.05, 0.1) is 6.04 Å². The largest absolute Gasteiger partial charge is 0.317 e. The summed E-state index contributed by atoms with van der Waals surface area (Å²) in [5.74, 6) is 2.63. The van der Waals surface area contributed by atoms with E-state index in [2.05, 4.69) is 61.5 Å². The summed E-state index contributed by atoms with van der Waals surface area (Å²) in [4.78, 5) is 2.43. The van der Waals surface area contributed by atoms with Crippen molar-refractivity contribution in [3.05, 3.63) is 11.6 Å². The molecule has 1 fully saturated rings. The van der Waals surface area contributed by atoms with Gasteiger partial charge >= 0.3 is 0 Å². The Morgan fingerprint density at radius 2 is 1.88 bits per heavy atom. The Labute approximate surface area is 104 Å². The van der Waals surface area contributed by atoms with Crippen LogP contribution in [-0.4, -0.2) is 32.3 Å². The first-order chi connectivity index (χ1) is 7.84. The lowest BCUT2D eigenvalue weighted by Gasteiger charge is -2.31. The normalized spacial score (nSPS) is 24.8. The lowest BCUT2D eigenvalue weighted by molar-refractivity contribution is 0.163. The van der Waals surface area contributed by atoms with Crippen LogP contribution in [0.3, 0.4) is 0 Å². The van der Waals surface area contributed by atoms with Crippen molar-refractivity contribution in [3.8, 4) is 0 Å². The minimum atomic E-state index is 0.272. The number of aromatic nitrogens is 3. The van der Waals surface area contributed by atoms with Gasteiger partial charge in [0, 0.05) is 18.5 Å². The van der Waals surface area contributed by atoms with Crippen molar-refractivity contribution in [2.45, 2.75) is 58.0 Å². The second-order valence-corrected chi connectivity index (χ2v) is 6.11. The van der Waals surface area contributed by atoms with Crippen molar-refractivity contribution < 1.29 is 0 Å². The Balaban J connectivity index is 2.30. The van der Waals surface area contributed by atoms with Crippen molar-refractivity contribution in [1.29, 1.82) is 0 Å². The predicted molar refractivity (Wildman–Crippen MR) is 68.9 cm³/mol. The predicted octanol–water partition coefficient (Wildman–Crippen LogP) is 2.48. The van der Waals surface area contributed by atoms with Crippen LogP contribution in [0.4, 0.5) is 0 Å². The molecular formula is C13H24N4. The average molecular weight is 236 g/mol. The van der Waals surface area contributed by atoms with Crippen molar-refractivity contribution in [2.24, 2.45) is 7.05 Å². The molecular weight excluding hydrogens is 212 g/mol. The fourth-order valence-electron chi connectivity index (χ4n) is 2.73. The van der Waals surface area contributed by atoms with Crippen molar-refractivity contribution in [1.82, 2.24) is 19.7 Å². The summed E-state index contributed by atoms with van der Waals surface area (Å²) in [5.41, 5.74) is 0.272. The van der Waals surface area contributed by atoms with Gasteiger partial charge in [-0.2, -0.15) is 0 Å². The monoisotopic (exact) mass is 236 g/mol. The lowest BCUT2D eigenvalue weighted by Crippen LogP contribution is -2.36. The number of rotatable bonds is 2. The van der Waals surface area contributed by atoms with Gasteiger partial charge in [-0.05, 0) is 33.7 Å². The van der Waals surface area contributed by atoms with Crippen LogP contribution in [0.2, 0.25) is 0 Å². The molecule has 0 aliphatic carbocycles. The van der Waals surface area contributed by atoms with Gasteiger partial charge in [0.25, 0.3) is 0 Å². The zero-order valence-corrected chi connectivity index (χ0v) is 11.9.